The van der Waals surface area contributed by atoms with Crippen molar-refractivity contribution < 1.29 is 14.6 Å². The number of hydrogen-bond donors (Lipinski definition) is 2. The number of piperidine rings is 1. The van der Waals surface area contributed by atoms with E-state index in [1.54, 1.807) is 19.2 Å². The number of nitrogens with one attached hydrogen (secondary N) is 1. The van der Waals surface area contributed by atoms with Gasteiger partial charge >= 0.3 is 0 Å². The molecule has 6 heteroatoms. The minimum atomic E-state index is -0.105. The summed E-state index contributed by atoms with van der Waals surface area (Å²) in [5.74, 6) is 1.73. The molecule has 2 fully saturated rings. The van der Waals surface area contributed by atoms with E-state index in [4.69, 9.17) is 4.74 Å². The number of rotatable bonds is 2. The summed E-state index contributed by atoms with van der Waals surface area (Å²) in [7, 11) is 1.55. The van der Waals surface area contributed by atoms with Crippen LogP contribution in [0.4, 0.5) is 0 Å². The lowest BCUT2D eigenvalue weighted by molar-refractivity contribution is 0.0639. The van der Waals surface area contributed by atoms with Gasteiger partial charge in [0.15, 0.2) is 0 Å². The van der Waals surface area contributed by atoms with E-state index in [0.29, 0.717) is 23.1 Å². The van der Waals surface area contributed by atoms with Crippen LogP contribution in [-0.2, 0) is 0 Å². The average Bonchev–Trinajstić information content (AvgIpc) is 2.94. The van der Waals surface area contributed by atoms with Crippen molar-refractivity contribution in [2.75, 3.05) is 33.3 Å². The van der Waals surface area contributed by atoms with Crippen LogP contribution in [0.1, 0.15) is 16.8 Å². The van der Waals surface area contributed by atoms with Gasteiger partial charge in [-0.3, -0.25) is 4.79 Å². The first-order valence-electron chi connectivity index (χ1n) is 7.06. The summed E-state index contributed by atoms with van der Waals surface area (Å²) in [6, 6.07) is 4.77. The smallest absolute Gasteiger partial charge is 0.257 e. The highest BCUT2D eigenvalue weighted by molar-refractivity contribution is 5.97. The molecule has 1 aromatic carbocycles. The normalized spacial score (nSPS) is 24.1. The second-order valence-corrected chi connectivity index (χ2v) is 5.60. The molecule has 5 nitrogen and oxygen atoms in total. The molecule has 0 aliphatic carbocycles. The van der Waals surface area contributed by atoms with Crippen LogP contribution in [0.2, 0.25) is 0 Å². The average molecular weight is 313 g/mol. The largest absolute Gasteiger partial charge is 0.507 e. The number of halogens is 1. The van der Waals surface area contributed by atoms with E-state index >= 15 is 0 Å². The van der Waals surface area contributed by atoms with Crippen LogP contribution in [0.25, 0.3) is 0 Å². The topological polar surface area (TPSA) is 61.8 Å². The first-order valence-corrected chi connectivity index (χ1v) is 7.06. The lowest BCUT2D eigenvalue weighted by Crippen LogP contribution is -2.43. The molecular weight excluding hydrogens is 292 g/mol. The van der Waals surface area contributed by atoms with Gasteiger partial charge in [-0.15, -0.1) is 12.4 Å². The van der Waals surface area contributed by atoms with Crippen molar-refractivity contribution in [3.63, 3.8) is 0 Å². The zero-order valence-electron chi connectivity index (χ0n) is 12.0. The number of carbonyl (C=O) groups is 1. The Balaban J connectivity index is 0.00000161. The molecule has 0 spiro atoms. The van der Waals surface area contributed by atoms with Gasteiger partial charge in [-0.25, -0.2) is 0 Å². The molecule has 0 saturated carbocycles. The number of amides is 1. The van der Waals surface area contributed by atoms with E-state index in [1.807, 2.05) is 4.90 Å². The zero-order valence-corrected chi connectivity index (χ0v) is 12.9. The molecule has 1 amide bonds. The molecular formula is C15H21ClN2O3. The van der Waals surface area contributed by atoms with Crippen molar-refractivity contribution in [2.24, 2.45) is 11.8 Å². The van der Waals surface area contributed by atoms with Crippen LogP contribution < -0.4 is 10.1 Å². The predicted molar refractivity (Wildman–Crippen MR) is 82.3 cm³/mol. The molecule has 1 aromatic rings. The van der Waals surface area contributed by atoms with Gasteiger partial charge in [-0.05, 0) is 49.5 Å². The highest BCUT2D eigenvalue weighted by atomic mass is 35.5. The summed E-state index contributed by atoms with van der Waals surface area (Å²) < 4.78 is 5.12. The number of methoxy groups -OCH3 is 1. The minimum Gasteiger partial charge on any atom is -0.507 e. The monoisotopic (exact) mass is 312 g/mol. The van der Waals surface area contributed by atoms with E-state index in [0.717, 1.165) is 32.6 Å². The minimum absolute atomic E-state index is 0. The van der Waals surface area contributed by atoms with E-state index in [1.165, 1.54) is 6.07 Å². The van der Waals surface area contributed by atoms with Gasteiger partial charge in [0.1, 0.15) is 11.5 Å². The molecule has 0 radical (unpaired) electrons. The molecule has 2 aliphatic heterocycles. The van der Waals surface area contributed by atoms with E-state index < -0.39 is 0 Å². The van der Waals surface area contributed by atoms with E-state index in [2.05, 4.69) is 5.32 Å². The number of fused-ring (bicyclic) bond motifs is 1. The van der Waals surface area contributed by atoms with Crippen molar-refractivity contribution in [1.29, 1.82) is 0 Å². The SMILES string of the molecule is COc1ccc(O)c(C(=O)N2CCC3CNCC3C2)c1.Cl. The number of benzene rings is 1. The standard InChI is InChI=1S/C15H20N2O3.ClH/c1-20-12-2-3-14(18)13(6-12)15(19)17-5-4-10-7-16-8-11(10)9-17;/h2-3,6,10-11,16,18H,4-5,7-9H2,1H3;1H. The van der Waals surface area contributed by atoms with E-state index in [9.17, 15) is 9.90 Å². The van der Waals surface area contributed by atoms with Gasteiger partial charge in [0.05, 0.1) is 12.7 Å². The number of phenolic OH excluding ortho intramolecular Hbond substituents is 1. The summed E-state index contributed by atoms with van der Waals surface area (Å²) in [5.41, 5.74) is 0.328. The Morgan fingerprint density at radius 1 is 1.38 bits per heavy atom. The Kier molecular flexibility index (Phi) is 4.96. The summed E-state index contributed by atoms with van der Waals surface area (Å²) in [6.45, 7) is 3.58. The number of carbonyl (C=O) groups excluding carboxylic acids is 1. The van der Waals surface area contributed by atoms with Gasteiger partial charge in [0, 0.05) is 13.1 Å². The molecule has 0 aromatic heterocycles. The van der Waals surface area contributed by atoms with Crippen molar-refractivity contribution in [2.45, 2.75) is 6.42 Å². The van der Waals surface area contributed by atoms with Gasteiger partial charge < -0.3 is 20.1 Å². The molecule has 2 N–H and O–H groups in total. The second kappa shape index (κ2) is 6.54. The molecule has 21 heavy (non-hydrogen) atoms. The third kappa shape index (κ3) is 3.09. The van der Waals surface area contributed by atoms with Crippen molar-refractivity contribution in [3.05, 3.63) is 23.8 Å². The Morgan fingerprint density at radius 3 is 2.90 bits per heavy atom. The molecule has 2 saturated heterocycles. The van der Waals surface area contributed by atoms with E-state index in [-0.39, 0.29) is 24.1 Å². The fourth-order valence-electron chi connectivity index (χ4n) is 3.20. The van der Waals surface area contributed by atoms with Gasteiger partial charge in [-0.2, -0.15) is 0 Å². The van der Waals surface area contributed by atoms with Crippen molar-refractivity contribution in [3.8, 4) is 11.5 Å². The quantitative estimate of drug-likeness (QED) is 0.869. The van der Waals surface area contributed by atoms with Crippen LogP contribution in [0.3, 0.4) is 0 Å². The summed E-state index contributed by atoms with van der Waals surface area (Å²) >= 11 is 0. The first-order chi connectivity index (χ1) is 9.69. The molecule has 2 atom stereocenters. The first kappa shape index (κ1) is 15.9. The Morgan fingerprint density at radius 2 is 2.14 bits per heavy atom. The van der Waals surface area contributed by atoms with Crippen molar-refractivity contribution >= 4 is 18.3 Å². The molecule has 2 aliphatic rings. The fraction of sp³-hybridized carbons (Fsp3) is 0.533. The Bertz CT molecular complexity index is 524. The molecule has 116 valence electrons. The molecule has 0 bridgehead atoms. The summed E-state index contributed by atoms with van der Waals surface area (Å²) in [5, 5.41) is 13.3. The maximum atomic E-state index is 12.6. The lowest BCUT2D eigenvalue weighted by Gasteiger charge is -2.34. The van der Waals surface area contributed by atoms with Crippen LogP contribution in [0.15, 0.2) is 18.2 Å². The van der Waals surface area contributed by atoms with Gasteiger partial charge in [0.25, 0.3) is 5.91 Å². The number of hydrogen-bond acceptors (Lipinski definition) is 4. The lowest BCUT2D eigenvalue weighted by atomic mass is 9.88. The van der Waals surface area contributed by atoms with Crippen LogP contribution in [0, 0.1) is 11.8 Å². The molecule has 3 rings (SSSR count). The highest BCUT2D eigenvalue weighted by Crippen LogP contribution is 2.30. The highest BCUT2D eigenvalue weighted by Gasteiger charge is 2.35. The number of nitrogens with zero attached hydrogens (tertiary/aromatic N) is 1. The van der Waals surface area contributed by atoms with Crippen LogP contribution in [0.5, 0.6) is 11.5 Å². The summed E-state index contributed by atoms with van der Waals surface area (Å²) in [6.07, 6.45) is 1.04. The third-order valence-corrected chi connectivity index (χ3v) is 4.43. The Labute approximate surface area is 130 Å². The number of phenols is 1. The number of aromatic hydroxyl groups is 1. The number of likely N-dealkylation sites (tertiary alicyclic amines) is 1. The predicted octanol–water partition coefficient (Wildman–Crippen LogP) is 1.50. The summed E-state index contributed by atoms with van der Waals surface area (Å²) in [4.78, 5) is 14.4. The maximum Gasteiger partial charge on any atom is 0.257 e. The van der Waals surface area contributed by atoms with Gasteiger partial charge in [0.2, 0.25) is 0 Å². The zero-order chi connectivity index (χ0) is 14.1. The molecule has 2 unspecified atom stereocenters. The third-order valence-electron chi connectivity index (χ3n) is 4.43. The number of ether oxygens (including phenoxy) is 1. The Hall–Kier alpha value is -1.46. The van der Waals surface area contributed by atoms with Gasteiger partial charge in [-0.1, -0.05) is 0 Å². The maximum absolute atomic E-state index is 12.6. The fourth-order valence-corrected chi connectivity index (χ4v) is 3.20. The van der Waals surface area contributed by atoms with Crippen molar-refractivity contribution in [1.82, 2.24) is 10.2 Å². The molecule has 2 heterocycles. The van der Waals surface area contributed by atoms with Crippen LogP contribution in [-0.4, -0.2) is 49.2 Å². The van der Waals surface area contributed by atoms with Crippen LogP contribution >= 0.6 is 12.4 Å². The second-order valence-electron chi connectivity index (χ2n) is 5.60.